The second kappa shape index (κ2) is 5.41. The standard InChI is InChI=1S/C11H15NO3S/c13-11(14)10-2-1-9(15-10)7-12-8-3-5-16-6-4-8/h1-2,8,12H,3-7H2,(H,13,14). The van der Waals surface area contributed by atoms with E-state index in [1.54, 1.807) is 6.07 Å². The molecule has 0 unspecified atom stereocenters. The Balaban J connectivity index is 1.81. The van der Waals surface area contributed by atoms with Crippen molar-refractivity contribution in [2.24, 2.45) is 0 Å². The molecule has 0 saturated carbocycles. The lowest BCUT2D eigenvalue weighted by atomic mass is 10.1. The molecule has 5 heteroatoms. The normalized spacial score (nSPS) is 17.5. The van der Waals surface area contributed by atoms with Gasteiger partial charge in [0.05, 0.1) is 6.54 Å². The zero-order valence-electron chi connectivity index (χ0n) is 8.94. The number of thioether (sulfide) groups is 1. The third kappa shape index (κ3) is 3.02. The van der Waals surface area contributed by atoms with Gasteiger partial charge in [0.2, 0.25) is 5.76 Å². The van der Waals surface area contributed by atoms with Crippen LogP contribution in [0.25, 0.3) is 0 Å². The fourth-order valence-corrected chi connectivity index (χ4v) is 2.84. The van der Waals surface area contributed by atoms with Gasteiger partial charge in [-0.3, -0.25) is 0 Å². The molecule has 16 heavy (non-hydrogen) atoms. The SMILES string of the molecule is O=C(O)c1ccc(CNC2CCSCC2)o1. The average Bonchev–Trinajstić information content (AvgIpc) is 2.76. The van der Waals surface area contributed by atoms with Crippen LogP contribution in [0, 0.1) is 0 Å². The Morgan fingerprint density at radius 2 is 2.25 bits per heavy atom. The fraction of sp³-hybridized carbons (Fsp3) is 0.545. The number of hydrogen-bond acceptors (Lipinski definition) is 4. The van der Waals surface area contributed by atoms with Gasteiger partial charge in [0.25, 0.3) is 0 Å². The lowest BCUT2D eigenvalue weighted by Crippen LogP contribution is -2.31. The van der Waals surface area contributed by atoms with Gasteiger partial charge in [0.1, 0.15) is 5.76 Å². The molecule has 4 nitrogen and oxygen atoms in total. The highest BCUT2D eigenvalue weighted by Crippen LogP contribution is 2.17. The fourth-order valence-electron chi connectivity index (χ4n) is 1.73. The molecule has 1 fully saturated rings. The maximum Gasteiger partial charge on any atom is 0.371 e. The van der Waals surface area contributed by atoms with E-state index in [1.807, 2.05) is 11.8 Å². The Morgan fingerprint density at radius 1 is 1.50 bits per heavy atom. The maximum absolute atomic E-state index is 10.6. The molecule has 1 aliphatic heterocycles. The molecule has 0 aromatic carbocycles. The zero-order chi connectivity index (χ0) is 11.4. The van der Waals surface area contributed by atoms with E-state index in [2.05, 4.69) is 5.32 Å². The molecule has 2 heterocycles. The van der Waals surface area contributed by atoms with E-state index in [9.17, 15) is 4.79 Å². The van der Waals surface area contributed by atoms with Gasteiger partial charge in [-0.1, -0.05) is 0 Å². The summed E-state index contributed by atoms with van der Waals surface area (Å²) >= 11 is 1.99. The van der Waals surface area contributed by atoms with Crippen molar-refractivity contribution in [2.75, 3.05) is 11.5 Å². The third-order valence-corrected chi connectivity index (χ3v) is 3.71. The van der Waals surface area contributed by atoms with Gasteiger partial charge in [-0.25, -0.2) is 4.79 Å². The molecule has 1 saturated heterocycles. The summed E-state index contributed by atoms with van der Waals surface area (Å²) in [6, 6.07) is 3.75. The summed E-state index contributed by atoms with van der Waals surface area (Å²) in [5.41, 5.74) is 0. The van der Waals surface area contributed by atoms with Gasteiger partial charge >= 0.3 is 5.97 Å². The van der Waals surface area contributed by atoms with Crippen molar-refractivity contribution in [1.29, 1.82) is 0 Å². The average molecular weight is 241 g/mol. The van der Waals surface area contributed by atoms with Crippen LogP contribution in [0.3, 0.4) is 0 Å². The summed E-state index contributed by atoms with van der Waals surface area (Å²) in [6.45, 7) is 0.614. The van der Waals surface area contributed by atoms with Crippen molar-refractivity contribution in [2.45, 2.75) is 25.4 Å². The molecule has 0 atom stereocenters. The number of carbonyl (C=O) groups is 1. The number of hydrogen-bond donors (Lipinski definition) is 2. The molecule has 0 spiro atoms. The van der Waals surface area contributed by atoms with Crippen molar-refractivity contribution >= 4 is 17.7 Å². The topological polar surface area (TPSA) is 62.5 Å². The van der Waals surface area contributed by atoms with E-state index in [0.29, 0.717) is 18.3 Å². The highest BCUT2D eigenvalue weighted by molar-refractivity contribution is 7.99. The second-order valence-electron chi connectivity index (χ2n) is 3.84. The summed E-state index contributed by atoms with van der Waals surface area (Å²) in [7, 11) is 0. The number of carboxylic acids is 1. The highest BCUT2D eigenvalue weighted by atomic mass is 32.2. The van der Waals surface area contributed by atoms with Crippen LogP contribution in [0.5, 0.6) is 0 Å². The molecule has 0 radical (unpaired) electrons. The molecule has 0 aliphatic carbocycles. The van der Waals surface area contributed by atoms with Crippen LogP contribution in [-0.4, -0.2) is 28.6 Å². The van der Waals surface area contributed by atoms with Crippen LogP contribution in [0.2, 0.25) is 0 Å². The third-order valence-electron chi connectivity index (χ3n) is 2.66. The quantitative estimate of drug-likeness (QED) is 0.843. The van der Waals surface area contributed by atoms with Gasteiger partial charge in [-0.2, -0.15) is 11.8 Å². The maximum atomic E-state index is 10.6. The van der Waals surface area contributed by atoms with Crippen molar-refractivity contribution in [3.63, 3.8) is 0 Å². The van der Waals surface area contributed by atoms with Crippen molar-refractivity contribution in [3.8, 4) is 0 Å². The van der Waals surface area contributed by atoms with Gasteiger partial charge in [0, 0.05) is 6.04 Å². The van der Waals surface area contributed by atoms with E-state index in [-0.39, 0.29) is 5.76 Å². The molecule has 1 aromatic heterocycles. The van der Waals surface area contributed by atoms with Crippen LogP contribution >= 0.6 is 11.8 Å². The lowest BCUT2D eigenvalue weighted by Gasteiger charge is -2.21. The molecule has 2 N–H and O–H groups in total. The minimum absolute atomic E-state index is 0.0102. The monoisotopic (exact) mass is 241 g/mol. The summed E-state index contributed by atoms with van der Waals surface area (Å²) in [6.07, 6.45) is 2.36. The van der Waals surface area contributed by atoms with E-state index in [4.69, 9.17) is 9.52 Å². The first-order chi connectivity index (χ1) is 7.75. The summed E-state index contributed by atoms with van der Waals surface area (Å²) in [4.78, 5) is 10.6. The van der Waals surface area contributed by atoms with E-state index in [0.717, 1.165) is 0 Å². The van der Waals surface area contributed by atoms with Crippen LogP contribution in [0.1, 0.15) is 29.2 Å². The van der Waals surface area contributed by atoms with E-state index >= 15 is 0 Å². The predicted molar refractivity (Wildman–Crippen MR) is 62.9 cm³/mol. The smallest absolute Gasteiger partial charge is 0.371 e. The molecule has 0 amide bonds. The van der Waals surface area contributed by atoms with E-state index < -0.39 is 5.97 Å². The summed E-state index contributed by atoms with van der Waals surface area (Å²) in [5.74, 6) is 2.10. The molecule has 0 bridgehead atoms. The number of aromatic carboxylic acids is 1. The summed E-state index contributed by atoms with van der Waals surface area (Å²) in [5, 5.41) is 12.1. The Bertz CT molecular complexity index is 358. The minimum atomic E-state index is -1.01. The molecule has 88 valence electrons. The van der Waals surface area contributed by atoms with Crippen LogP contribution in [-0.2, 0) is 6.54 Å². The Hall–Kier alpha value is -0.940. The first-order valence-electron chi connectivity index (χ1n) is 5.39. The lowest BCUT2D eigenvalue weighted by molar-refractivity contribution is 0.0660. The number of carboxylic acid groups (broad SMARTS) is 1. The molecule has 1 aromatic rings. The number of rotatable bonds is 4. The van der Waals surface area contributed by atoms with Gasteiger partial charge in [0.15, 0.2) is 0 Å². The van der Waals surface area contributed by atoms with Crippen LogP contribution in [0.15, 0.2) is 16.5 Å². The Morgan fingerprint density at radius 3 is 2.88 bits per heavy atom. The van der Waals surface area contributed by atoms with Crippen molar-refractivity contribution in [1.82, 2.24) is 5.32 Å². The van der Waals surface area contributed by atoms with Crippen LogP contribution < -0.4 is 5.32 Å². The molecule has 2 rings (SSSR count). The highest BCUT2D eigenvalue weighted by Gasteiger charge is 2.14. The Kier molecular flexibility index (Phi) is 3.90. The first kappa shape index (κ1) is 11.5. The Labute approximate surface area is 98.4 Å². The van der Waals surface area contributed by atoms with Gasteiger partial charge in [-0.05, 0) is 36.5 Å². The van der Waals surface area contributed by atoms with Crippen molar-refractivity contribution in [3.05, 3.63) is 23.7 Å². The first-order valence-corrected chi connectivity index (χ1v) is 6.54. The number of nitrogens with one attached hydrogen (secondary N) is 1. The molecular formula is C11H15NO3S. The second-order valence-corrected chi connectivity index (χ2v) is 5.06. The van der Waals surface area contributed by atoms with Crippen molar-refractivity contribution < 1.29 is 14.3 Å². The molecular weight excluding hydrogens is 226 g/mol. The zero-order valence-corrected chi connectivity index (χ0v) is 9.76. The van der Waals surface area contributed by atoms with Gasteiger partial charge in [-0.15, -0.1) is 0 Å². The largest absolute Gasteiger partial charge is 0.475 e. The predicted octanol–water partition coefficient (Wildman–Crippen LogP) is 1.96. The number of furan rings is 1. The minimum Gasteiger partial charge on any atom is -0.475 e. The molecule has 1 aliphatic rings. The summed E-state index contributed by atoms with van der Waals surface area (Å²) < 4.78 is 5.17. The van der Waals surface area contributed by atoms with Gasteiger partial charge < -0.3 is 14.8 Å². The van der Waals surface area contributed by atoms with E-state index in [1.165, 1.54) is 30.4 Å². The van der Waals surface area contributed by atoms with Crippen LogP contribution in [0.4, 0.5) is 0 Å².